The average molecular weight is 577 g/mol. The number of imidazole rings is 1. The molecule has 3 saturated heterocycles. The van der Waals surface area contributed by atoms with E-state index < -0.39 is 6.04 Å². The van der Waals surface area contributed by atoms with E-state index >= 15 is 0 Å². The first-order chi connectivity index (χ1) is 20.5. The number of para-hydroxylation sites is 1. The van der Waals surface area contributed by atoms with Gasteiger partial charge >= 0.3 is 6.03 Å². The number of amides is 4. The first-order valence-electron chi connectivity index (χ1n) is 15.7. The third-order valence-corrected chi connectivity index (χ3v) is 9.56. The number of anilines is 1. The number of hydrogen-bond donors (Lipinski definition) is 3. The molecule has 6 rings (SSSR count). The first kappa shape index (κ1) is 28.7. The SMILES string of the molecule is O=C(CC(NCc1c[nH]cn1)C(=O)N1CCC(N2CCCCC2)CC1)N1CCC(N2Cc3ccccc3NC2=O)CC1. The van der Waals surface area contributed by atoms with Crippen LogP contribution in [0.15, 0.2) is 36.8 Å². The van der Waals surface area contributed by atoms with Crippen LogP contribution in [0.3, 0.4) is 0 Å². The van der Waals surface area contributed by atoms with E-state index in [2.05, 4.69) is 25.5 Å². The molecule has 226 valence electrons. The van der Waals surface area contributed by atoms with E-state index in [0.717, 1.165) is 55.7 Å². The number of aromatic nitrogens is 2. The molecule has 0 bridgehead atoms. The van der Waals surface area contributed by atoms with Gasteiger partial charge in [0, 0.05) is 63.2 Å². The van der Waals surface area contributed by atoms with E-state index in [1.807, 2.05) is 39.0 Å². The van der Waals surface area contributed by atoms with Crippen molar-refractivity contribution in [1.29, 1.82) is 0 Å². The van der Waals surface area contributed by atoms with E-state index in [4.69, 9.17) is 0 Å². The number of H-pyrrole nitrogens is 1. The number of likely N-dealkylation sites (tertiary alicyclic amines) is 3. The highest BCUT2D eigenvalue weighted by molar-refractivity contribution is 5.92. The van der Waals surface area contributed by atoms with E-state index in [-0.39, 0.29) is 30.3 Å². The summed E-state index contributed by atoms with van der Waals surface area (Å²) < 4.78 is 0. The lowest BCUT2D eigenvalue weighted by molar-refractivity contribution is -0.141. The van der Waals surface area contributed by atoms with Crippen LogP contribution in [0.4, 0.5) is 10.5 Å². The van der Waals surface area contributed by atoms with Gasteiger partial charge in [0.25, 0.3) is 0 Å². The molecule has 0 aliphatic carbocycles. The highest BCUT2D eigenvalue weighted by Crippen LogP contribution is 2.28. The monoisotopic (exact) mass is 576 g/mol. The van der Waals surface area contributed by atoms with Crippen LogP contribution in [0, 0.1) is 0 Å². The maximum atomic E-state index is 13.8. The molecule has 4 aliphatic rings. The second-order valence-corrected chi connectivity index (χ2v) is 12.2. The quantitative estimate of drug-likeness (QED) is 0.445. The van der Waals surface area contributed by atoms with Gasteiger partial charge in [-0.2, -0.15) is 0 Å². The van der Waals surface area contributed by atoms with Gasteiger partial charge in [0.2, 0.25) is 11.8 Å². The van der Waals surface area contributed by atoms with Gasteiger partial charge in [-0.15, -0.1) is 0 Å². The second-order valence-electron chi connectivity index (χ2n) is 12.2. The Hall–Kier alpha value is -3.44. The lowest BCUT2D eigenvalue weighted by Gasteiger charge is -2.41. The second kappa shape index (κ2) is 13.2. The summed E-state index contributed by atoms with van der Waals surface area (Å²) in [5.74, 6) is -0.00695. The Kier molecular flexibility index (Phi) is 9.04. The fourth-order valence-electron chi connectivity index (χ4n) is 7.07. The Balaban J connectivity index is 1.03. The zero-order chi connectivity index (χ0) is 28.9. The number of aromatic amines is 1. The van der Waals surface area contributed by atoms with E-state index in [1.54, 1.807) is 12.5 Å². The van der Waals surface area contributed by atoms with Gasteiger partial charge < -0.3 is 29.9 Å². The van der Waals surface area contributed by atoms with Gasteiger partial charge in [0.1, 0.15) is 0 Å². The van der Waals surface area contributed by atoms with Crippen molar-refractivity contribution >= 4 is 23.5 Å². The van der Waals surface area contributed by atoms with Crippen LogP contribution < -0.4 is 10.6 Å². The molecule has 2 aromatic rings. The van der Waals surface area contributed by atoms with Gasteiger partial charge in [-0.05, 0) is 63.2 Å². The third kappa shape index (κ3) is 6.62. The number of hydrogen-bond acceptors (Lipinski definition) is 6. The molecular weight excluding hydrogens is 532 g/mol. The van der Waals surface area contributed by atoms with E-state index in [0.29, 0.717) is 32.2 Å². The summed E-state index contributed by atoms with van der Waals surface area (Å²) in [6.07, 6.45) is 10.9. The maximum Gasteiger partial charge on any atom is 0.322 e. The molecule has 1 aromatic heterocycles. The van der Waals surface area contributed by atoms with Crippen molar-refractivity contribution in [3.05, 3.63) is 48.0 Å². The molecule has 4 aliphatic heterocycles. The van der Waals surface area contributed by atoms with Crippen LogP contribution in [0.25, 0.3) is 0 Å². The molecule has 0 spiro atoms. The Morgan fingerprint density at radius 3 is 2.38 bits per heavy atom. The minimum absolute atomic E-state index is 0.00881. The minimum atomic E-state index is -0.595. The highest BCUT2D eigenvalue weighted by Gasteiger charge is 2.35. The van der Waals surface area contributed by atoms with Crippen molar-refractivity contribution in [1.82, 2.24) is 34.9 Å². The number of urea groups is 1. The Morgan fingerprint density at radius 2 is 1.64 bits per heavy atom. The molecule has 0 saturated carbocycles. The lowest BCUT2D eigenvalue weighted by atomic mass is 9.98. The minimum Gasteiger partial charge on any atom is -0.351 e. The van der Waals surface area contributed by atoms with Gasteiger partial charge in [0.05, 0.1) is 24.5 Å². The molecule has 1 unspecified atom stereocenters. The normalized spacial score (nSPS) is 21.6. The number of carbonyl (C=O) groups is 3. The number of nitrogens with one attached hydrogen (secondary N) is 3. The number of carbonyl (C=O) groups excluding carboxylic acids is 3. The third-order valence-electron chi connectivity index (χ3n) is 9.56. The van der Waals surface area contributed by atoms with Crippen molar-refractivity contribution < 1.29 is 14.4 Å². The molecule has 5 heterocycles. The van der Waals surface area contributed by atoms with Crippen molar-refractivity contribution in [2.45, 2.75) is 82.6 Å². The molecule has 3 fully saturated rings. The average Bonchev–Trinajstić information content (AvgIpc) is 3.57. The predicted octanol–water partition coefficient (Wildman–Crippen LogP) is 2.77. The Morgan fingerprint density at radius 1 is 0.929 bits per heavy atom. The van der Waals surface area contributed by atoms with Gasteiger partial charge in [-0.1, -0.05) is 24.6 Å². The standard InChI is InChI=1S/C31H44N8O3/c40-29(37-14-10-26(11-15-37)39-21-23-6-2-3-7-27(23)35-31(39)42)18-28(33-20-24-19-32-22-34-24)30(41)38-16-8-25(9-17-38)36-12-4-1-5-13-36/h2-3,6-7,19,22,25-26,28,33H,1,4-5,8-18,20-21H2,(H,32,34)(H,35,42). The van der Waals surface area contributed by atoms with Crippen LogP contribution in [0.1, 0.15) is 62.6 Å². The summed E-state index contributed by atoms with van der Waals surface area (Å²) in [5.41, 5.74) is 2.80. The van der Waals surface area contributed by atoms with Crippen molar-refractivity contribution in [2.75, 3.05) is 44.6 Å². The summed E-state index contributed by atoms with van der Waals surface area (Å²) in [6.45, 7) is 5.99. The zero-order valence-electron chi connectivity index (χ0n) is 24.5. The number of piperidine rings is 3. The van der Waals surface area contributed by atoms with Crippen molar-refractivity contribution in [2.24, 2.45) is 0 Å². The van der Waals surface area contributed by atoms with Crippen molar-refractivity contribution in [3.8, 4) is 0 Å². The molecule has 0 radical (unpaired) electrons. The maximum absolute atomic E-state index is 13.8. The van der Waals surface area contributed by atoms with Crippen LogP contribution in [0.5, 0.6) is 0 Å². The Labute approximate surface area is 248 Å². The summed E-state index contributed by atoms with van der Waals surface area (Å²) >= 11 is 0. The van der Waals surface area contributed by atoms with Crippen LogP contribution >= 0.6 is 0 Å². The molecule has 42 heavy (non-hydrogen) atoms. The number of nitrogens with zero attached hydrogens (tertiary/aromatic N) is 5. The van der Waals surface area contributed by atoms with Crippen molar-refractivity contribution in [3.63, 3.8) is 0 Å². The highest BCUT2D eigenvalue weighted by atomic mass is 16.2. The fraction of sp³-hybridized carbons (Fsp3) is 0.613. The molecule has 4 amide bonds. The number of rotatable bonds is 8. The molecule has 11 nitrogen and oxygen atoms in total. The van der Waals surface area contributed by atoms with Crippen LogP contribution in [-0.4, -0.2) is 105 Å². The summed E-state index contributed by atoms with van der Waals surface area (Å²) in [7, 11) is 0. The molecule has 3 N–H and O–H groups in total. The van der Waals surface area contributed by atoms with Crippen LogP contribution in [0.2, 0.25) is 0 Å². The van der Waals surface area contributed by atoms with Gasteiger partial charge in [0.15, 0.2) is 0 Å². The topological polar surface area (TPSA) is 117 Å². The number of benzene rings is 1. The Bertz CT molecular complexity index is 1210. The van der Waals surface area contributed by atoms with Gasteiger partial charge in [-0.25, -0.2) is 9.78 Å². The summed E-state index contributed by atoms with van der Waals surface area (Å²) in [4.78, 5) is 55.6. The molecule has 1 aromatic carbocycles. The molecule has 1 atom stereocenters. The summed E-state index contributed by atoms with van der Waals surface area (Å²) in [5, 5.41) is 6.35. The summed E-state index contributed by atoms with van der Waals surface area (Å²) in [6, 6.07) is 7.87. The zero-order valence-corrected chi connectivity index (χ0v) is 24.5. The predicted molar refractivity (Wildman–Crippen MR) is 159 cm³/mol. The first-order valence-corrected chi connectivity index (χ1v) is 15.7. The van der Waals surface area contributed by atoms with E-state index in [9.17, 15) is 14.4 Å². The largest absolute Gasteiger partial charge is 0.351 e. The lowest BCUT2D eigenvalue weighted by Crippen LogP contribution is -2.54. The van der Waals surface area contributed by atoms with E-state index in [1.165, 1.54) is 32.4 Å². The fourth-order valence-corrected chi connectivity index (χ4v) is 7.07. The number of fused-ring (bicyclic) bond motifs is 1. The molecule has 11 heteroatoms. The van der Waals surface area contributed by atoms with Crippen LogP contribution in [-0.2, 0) is 22.7 Å². The van der Waals surface area contributed by atoms with Gasteiger partial charge in [-0.3, -0.25) is 14.9 Å². The smallest absolute Gasteiger partial charge is 0.322 e. The molecular formula is C31H44N8O3.